The molecule has 0 heterocycles. The van der Waals surface area contributed by atoms with Gasteiger partial charge in [-0.3, -0.25) is 9.63 Å². The van der Waals surface area contributed by atoms with Crippen molar-refractivity contribution in [3.63, 3.8) is 0 Å². The van der Waals surface area contributed by atoms with E-state index in [9.17, 15) is 14.4 Å². The van der Waals surface area contributed by atoms with E-state index in [0.717, 1.165) is 35.1 Å². The van der Waals surface area contributed by atoms with Crippen molar-refractivity contribution in [2.45, 2.75) is 24.9 Å². The molecule has 1 saturated carbocycles. The van der Waals surface area contributed by atoms with Crippen LogP contribution in [-0.4, -0.2) is 55.5 Å². The number of hydroxylamine groups is 1. The number of carbonyl (C=O) groups is 3. The lowest BCUT2D eigenvalue weighted by Gasteiger charge is -2.15. The highest BCUT2D eigenvalue weighted by Crippen LogP contribution is 2.44. The number of benzene rings is 2. The van der Waals surface area contributed by atoms with Crippen molar-refractivity contribution in [1.82, 2.24) is 10.8 Å². The molecule has 2 aromatic rings. The summed E-state index contributed by atoms with van der Waals surface area (Å²) in [7, 11) is 0. The van der Waals surface area contributed by atoms with E-state index in [-0.39, 0.29) is 38.2 Å². The highest BCUT2D eigenvalue weighted by Gasteiger charge is 2.38. The van der Waals surface area contributed by atoms with Gasteiger partial charge in [-0.05, 0) is 41.0 Å². The third-order valence-corrected chi connectivity index (χ3v) is 5.69. The van der Waals surface area contributed by atoms with Crippen LogP contribution in [0.2, 0.25) is 0 Å². The number of hydrogen-bond acceptors (Lipinski definition) is 6. The Morgan fingerprint density at radius 2 is 1.64 bits per heavy atom. The van der Waals surface area contributed by atoms with Gasteiger partial charge in [-0.2, -0.15) is 0 Å². The van der Waals surface area contributed by atoms with Gasteiger partial charge in [0.15, 0.2) is 6.10 Å². The van der Waals surface area contributed by atoms with Gasteiger partial charge in [-0.1, -0.05) is 48.5 Å². The molecule has 4 rings (SSSR count). The summed E-state index contributed by atoms with van der Waals surface area (Å²) in [5, 5.41) is 11.6. The molecule has 0 saturated heterocycles. The first kappa shape index (κ1) is 22.8. The van der Waals surface area contributed by atoms with Crippen molar-refractivity contribution in [3.8, 4) is 11.1 Å². The predicted octanol–water partition coefficient (Wildman–Crippen LogP) is 2.45. The van der Waals surface area contributed by atoms with E-state index in [2.05, 4.69) is 22.9 Å². The van der Waals surface area contributed by atoms with E-state index in [1.165, 1.54) is 0 Å². The van der Waals surface area contributed by atoms with E-state index in [0.29, 0.717) is 0 Å². The number of fused-ring (bicyclic) bond motifs is 3. The second-order valence-corrected chi connectivity index (χ2v) is 8.04. The van der Waals surface area contributed by atoms with Gasteiger partial charge < -0.3 is 19.9 Å². The minimum atomic E-state index is -1.11. The Morgan fingerprint density at radius 3 is 2.24 bits per heavy atom. The first-order valence-corrected chi connectivity index (χ1v) is 10.9. The van der Waals surface area contributed by atoms with Crippen LogP contribution in [0.25, 0.3) is 11.1 Å². The van der Waals surface area contributed by atoms with Crippen molar-refractivity contribution < 1.29 is 33.8 Å². The molecule has 9 heteroatoms. The number of amides is 2. The highest BCUT2D eigenvalue weighted by molar-refractivity contribution is 5.79. The second kappa shape index (κ2) is 10.5. The molecular weight excluding hydrogens is 428 g/mol. The molecule has 0 aliphatic heterocycles. The van der Waals surface area contributed by atoms with Crippen molar-refractivity contribution in [3.05, 3.63) is 59.7 Å². The fourth-order valence-corrected chi connectivity index (χ4v) is 3.95. The molecule has 0 aromatic heterocycles. The smallest absolute Gasteiger partial charge is 0.407 e. The van der Waals surface area contributed by atoms with Crippen molar-refractivity contribution >= 4 is 18.0 Å². The van der Waals surface area contributed by atoms with Gasteiger partial charge in [0.1, 0.15) is 13.2 Å². The fourth-order valence-electron chi connectivity index (χ4n) is 3.95. The standard InChI is InChI=1S/C24H26N2O7/c27-21(26-33-22(23(28)29)15-9-10-15)14-31-12-11-25-24(30)32-13-20-18-7-3-1-5-16(18)17-6-2-4-8-19(17)20/h1-8,15,20,22H,9-14H2,(H,25,30)(H,26,27)(H,28,29). The largest absolute Gasteiger partial charge is 0.479 e. The molecule has 33 heavy (non-hydrogen) atoms. The summed E-state index contributed by atoms with van der Waals surface area (Å²) in [6.07, 6.45) is -0.0680. The molecule has 2 amide bonds. The zero-order valence-electron chi connectivity index (χ0n) is 18.0. The summed E-state index contributed by atoms with van der Waals surface area (Å²) in [6, 6.07) is 16.2. The van der Waals surface area contributed by atoms with Gasteiger partial charge in [0, 0.05) is 12.5 Å². The van der Waals surface area contributed by atoms with Crippen molar-refractivity contribution in [1.29, 1.82) is 0 Å². The molecule has 1 fully saturated rings. The van der Waals surface area contributed by atoms with Crippen LogP contribution in [0.15, 0.2) is 48.5 Å². The van der Waals surface area contributed by atoms with Crippen LogP contribution in [0.3, 0.4) is 0 Å². The third-order valence-electron chi connectivity index (χ3n) is 5.69. The monoisotopic (exact) mass is 454 g/mol. The Kier molecular flexibility index (Phi) is 7.21. The normalized spacial score (nSPS) is 15.3. The Labute approximate surface area is 191 Å². The van der Waals surface area contributed by atoms with Crippen molar-refractivity contribution in [2.75, 3.05) is 26.4 Å². The number of rotatable bonds is 11. The summed E-state index contributed by atoms with van der Waals surface area (Å²) in [5.41, 5.74) is 6.68. The minimum absolute atomic E-state index is 0.0200. The third kappa shape index (κ3) is 5.68. The molecule has 9 nitrogen and oxygen atoms in total. The van der Waals surface area contributed by atoms with E-state index < -0.39 is 24.1 Å². The Balaban J connectivity index is 1.13. The minimum Gasteiger partial charge on any atom is -0.479 e. The van der Waals surface area contributed by atoms with Gasteiger partial charge in [-0.25, -0.2) is 15.1 Å². The maximum absolute atomic E-state index is 12.1. The van der Waals surface area contributed by atoms with E-state index in [4.69, 9.17) is 19.4 Å². The van der Waals surface area contributed by atoms with Crippen LogP contribution in [0.4, 0.5) is 4.79 Å². The summed E-state index contributed by atoms with van der Waals surface area (Å²) < 4.78 is 10.6. The van der Waals surface area contributed by atoms with E-state index in [1.807, 2.05) is 36.4 Å². The fraction of sp³-hybridized carbons (Fsp3) is 0.375. The maximum atomic E-state index is 12.1. The summed E-state index contributed by atoms with van der Waals surface area (Å²) >= 11 is 0. The van der Waals surface area contributed by atoms with Gasteiger partial charge in [0.25, 0.3) is 5.91 Å². The molecule has 0 radical (unpaired) electrons. The molecule has 0 bridgehead atoms. The number of hydrogen-bond donors (Lipinski definition) is 3. The average molecular weight is 454 g/mol. The SMILES string of the molecule is O=C(COCCNC(=O)OCC1c2ccccc2-c2ccccc21)NOC(C(=O)O)C1CC1. The molecular formula is C24H26N2O7. The predicted molar refractivity (Wildman–Crippen MR) is 117 cm³/mol. The van der Waals surface area contributed by atoms with Gasteiger partial charge >= 0.3 is 12.1 Å². The molecule has 174 valence electrons. The van der Waals surface area contributed by atoms with Crippen LogP contribution in [-0.2, 0) is 23.9 Å². The Morgan fingerprint density at radius 1 is 1.00 bits per heavy atom. The molecule has 1 unspecified atom stereocenters. The average Bonchev–Trinajstić information content (AvgIpc) is 3.59. The lowest BCUT2D eigenvalue weighted by atomic mass is 9.98. The van der Waals surface area contributed by atoms with Crippen LogP contribution >= 0.6 is 0 Å². The van der Waals surface area contributed by atoms with Gasteiger partial charge in [-0.15, -0.1) is 0 Å². The number of aliphatic carboxylic acids is 1. The molecule has 2 aromatic carbocycles. The summed E-state index contributed by atoms with van der Waals surface area (Å²) in [6.45, 7) is 0.142. The maximum Gasteiger partial charge on any atom is 0.407 e. The van der Waals surface area contributed by atoms with E-state index >= 15 is 0 Å². The number of alkyl carbamates (subject to hydrolysis) is 1. The van der Waals surface area contributed by atoms with Crippen LogP contribution in [0.5, 0.6) is 0 Å². The van der Waals surface area contributed by atoms with E-state index in [1.54, 1.807) is 0 Å². The quantitative estimate of drug-likeness (QED) is 0.352. The van der Waals surface area contributed by atoms with Crippen LogP contribution in [0.1, 0.15) is 29.9 Å². The Bertz CT molecular complexity index is 976. The molecule has 2 aliphatic carbocycles. The lowest BCUT2D eigenvalue weighted by molar-refractivity contribution is -0.163. The molecule has 1 atom stereocenters. The van der Waals surface area contributed by atoms with Crippen LogP contribution in [0, 0.1) is 5.92 Å². The number of carboxylic acid groups (broad SMARTS) is 1. The zero-order valence-corrected chi connectivity index (χ0v) is 18.0. The van der Waals surface area contributed by atoms with Crippen LogP contribution < -0.4 is 10.8 Å². The van der Waals surface area contributed by atoms with Crippen molar-refractivity contribution in [2.24, 2.45) is 5.92 Å². The van der Waals surface area contributed by atoms with Gasteiger partial charge in [0.2, 0.25) is 0 Å². The topological polar surface area (TPSA) is 123 Å². The molecule has 2 aliphatic rings. The molecule has 3 N–H and O–H groups in total. The highest BCUT2D eigenvalue weighted by atomic mass is 16.7. The summed E-state index contributed by atoms with van der Waals surface area (Å²) in [4.78, 5) is 39.8. The zero-order chi connectivity index (χ0) is 23.2. The van der Waals surface area contributed by atoms with Gasteiger partial charge in [0.05, 0.1) is 6.61 Å². The number of nitrogens with one attached hydrogen (secondary N) is 2. The Hall–Kier alpha value is -3.43. The first-order chi connectivity index (χ1) is 16.0. The lowest BCUT2D eigenvalue weighted by Crippen LogP contribution is -2.37. The number of carbonyl (C=O) groups excluding carboxylic acids is 2. The first-order valence-electron chi connectivity index (χ1n) is 10.9. The summed E-state index contributed by atoms with van der Waals surface area (Å²) in [5.74, 6) is -1.78. The molecule has 0 spiro atoms. The number of ether oxygens (including phenoxy) is 2. The number of carboxylic acids is 1. The second-order valence-electron chi connectivity index (χ2n) is 8.04.